The molecule has 3 rings (SSSR count). The van der Waals surface area contributed by atoms with Crippen molar-refractivity contribution in [1.29, 1.82) is 5.26 Å². The summed E-state index contributed by atoms with van der Waals surface area (Å²) in [7, 11) is 2.04. The number of rotatable bonds is 1. The molecule has 92 valence electrons. The highest BCUT2D eigenvalue weighted by Crippen LogP contribution is 2.42. The first kappa shape index (κ1) is 12.0. The molecule has 0 saturated carbocycles. The number of nitriles is 1. The van der Waals surface area contributed by atoms with Crippen LogP contribution < -0.4 is 0 Å². The number of nitrogens with zero attached hydrogens (tertiary/aromatic N) is 2. The van der Waals surface area contributed by atoms with Crippen molar-refractivity contribution >= 4 is 33.0 Å². The van der Waals surface area contributed by atoms with Crippen LogP contribution in [0.5, 0.6) is 0 Å². The normalized spacial score (nSPS) is 19.7. The third-order valence-electron chi connectivity index (χ3n) is 3.51. The SMILES string of the molecule is CN1CCc2cccc3sc(CC#N)c(c23)C1Cl. The molecule has 0 saturated heterocycles. The zero-order valence-corrected chi connectivity index (χ0v) is 11.7. The third kappa shape index (κ3) is 1.73. The van der Waals surface area contributed by atoms with E-state index in [1.807, 2.05) is 7.05 Å². The van der Waals surface area contributed by atoms with Gasteiger partial charge in [-0.3, -0.25) is 4.90 Å². The van der Waals surface area contributed by atoms with Crippen molar-refractivity contribution in [3.05, 3.63) is 34.2 Å². The van der Waals surface area contributed by atoms with Gasteiger partial charge in [0, 0.05) is 27.1 Å². The van der Waals surface area contributed by atoms with Crippen molar-refractivity contribution < 1.29 is 0 Å². The summed E-state index contributed by atoms with van der Waals surface area (Å²) in [5, 5.41) is 10.3. The van der Waals surface area contributed by atoms with Crippen molar-refractivity contribution in [3.8, 4) is 6.07 Å². The maximum Gasteiger partial charge on any atom is 0.112 e. The fraction of sp³-hybridized carbons (Fsp3) is 0.357. The maximum absolute atomic E-state index is 8.97. The quantitative estimate of drug-likeness (QED) is 0.587. The van der Waals surface area contributed by atoms with Crippen molar-refractivity contribution in [2.24, 2.45) is 0 Å². The van der Waals surface area contributed by atoms with Crippen molar-refractivity contribution in [2.45, 2.75) is 18.3 Å². The average Bonchev–Trinajstić information content (AvgIpc) is 2.67. The largest absolute Gasteiger partial charge is 0.286 e. The average molecular weight is 277 g/mol. The van der Waals surface area contributed by atoms with Gasteiger partial charge in [-0.15, -0.1) is 22.9 Å². The Morgan fingerprint density at radius 2 is 2.39 bits per heavy atom. The molecule has 0 fully saturated rings. The highest BCUT2D eigenvalue weighted by Gasteiger charge is 2.26. The van der Waals surface area contributed by atoms with E-state index in [2.05, 4.69) is 29.2 Å². The molecule has 0 amide bonds. The minimum atomic E-state index is -0.120. The minimum absolute atomic E-state index is 0.120. The van der Waals surface area contributed by atoms with E-state index < -0.39 is 0 Å². The molecule has 0 N–H and O–H groups in total. The maximum atomic E-state index is 8.97. The first-order chi connectivity index (χ1) is 8.72. The molecule has 0 radical (unpaired) electrons. The van der Waals surface area contributed by atoms with E-state index in [1.54, 1.807) is 11.3 Å². The van der Waals surface area contributed by atoms with Crippen LogP contribution in [0.4, 0.5) is 0 Å². The van der Waals surface area contributed by atoms with Crippen LogP contribution in [0.3, 0.4) is 0 Å². The standard InChI is InChI=1S/C14H13ClN2S/c1-17-8-6-9-3-2-4-10-12(9)13(14(17)15)11(18-10)5-7-16/h2-4,14H,5-6,8H2,1H3. The summed E-state index contributed by atoms with van der Waals surface area (Å²) >= 11 is 8.28. The van der Waals surface area contributed by atoms with Crippen LogP contribution in [-0.2, 0) is 12.8 Å². The minimum Gasteiger partial charge on any atom is -0.286 e. The second-order valence-electron chi connectivity index (χ2n) is 4.63. The molecule has 4 heteroatoms. The molecule has 1 atom stereocenters. The fourth-order valence-corrected chi connectivity index (χ4v) is 4.21. The zero-order valence-electron chi connectivity index (χ0n) is 10.1. The summed E-state index contributed by atoms with van der Waals surface area (Å²) in [4.78, 5) is 3.28. The van der Waals surface area contributed by atoms with Gasteiger partial charge in [-0.05, 0) is 25.1 Å². The zero-order chi connectivity index (χ0) is 12.7. The van der Waals surface area contributed by atoms with Crippen LogP contribution in [0.2, 0.25) is 0 Å². The lowest BCUT2D eigenvalue weighted by atomic mass is 10.0. The molecule has 2 nitrogen and oxygen atoms in total. The Balaban J connectivity index is 2.33. The summed E-state index contributed by atoms with van der Waals surface area (Å²) < 4.78 is 1.26. The monoisotopic (exact) mass is 276 g/mol. The summed E-state index contributed by atoms with van der Waals surface area (Å²) in [6.07, 6.45) is 1.47. The van der Waals surface area contributed by atoms with Crippen LogP contribution in [0, 0.1) is 11.3 Å². The van der Waals surface area contributed by atoms with Crippen molar-refractivity contribution in [3.63, 3.8) is 0 Å². The summed E-state index contributed by atoms with van der Waals surface area (Å²) in [6, 6.07) is 8.66. The Bertz CT molecular complexity index is 641. The Kier molecular flexibility index (Phi) is 3.03. The van der Waals surface area contributed by atoms with E-state index in [0.29, 0.717) is 6.42 Å². The molecule has 1 unspecified atom stereocenters. The van der Waals surface area contributed by atoms with Gasteiger partial charge in [0.2, 0.25) is 0 Å². The number of alkyl halides is 1. The highest BCUT2D eigenvalue weighted by molar-refractivity contribution is 7.19. The lowest BCUT2D eigenvalue weighted by molar-refractivity contribution is 0.322. The summed E-state index contributed by atoms with van der Waals surface area (Å²) in [5.74, 6) is 0. The van der Waals surface area contributed by atoms with Gasteiger partial charge in [-0.25, -0.2) is 0 Å². The number of hydrogen-bond donors (Lipinski definition) is 0. The molecule has 2 heterocycles. The highest BCUT2D eigenvalue weighted by atomic mass is 35.5. The Labute approximate surface area is 115 Å². The molecule has 2 aromatic rings. The van der Waals surface area contributed by atoms with Gasteiger partial charge in [0.05, 0.1) is 12.5 Å². The molecule has 0 aliphatic carbocycles. The molecule has 0 spiro atoms. The summed E-state index contributed by atoms with van der Waals surface area (Å²) in [6.45, 7) is 0.957. The second-order valence-corrected chi connectivity index (χ2v) is 6.18. The fourth-order valence-electron chi connectivity index (χ4n) is 2.59. The third-order valence-corrected chi connectivity index (χ3v) is 5.24. The van der Waals surface area contributed by atoms with Gasteiger partial charge in [-0.2, -0.15) is 5.26 Å². The lowest BCUT2D eigenvalue weighted by Crippen LogP contribution is -2.21. The first-order valence-corrected chi connectivity index (χ1v) is 7.22. The van der Waals surface area contributed by atoms with Crippen molar-refractivity contribution in [2.75, 3.05) is 13.6 Å². The van der Waals surface area contributed by atoms with Gasteiger partial charge in [-0.1, -0.05) is 12.1 Å². The molecule has 0 bridgehead atoms. The number of halogens is 1. The number of hydrogen-bond acceptors (Lipinski definition) is 3. The smallest absolute Gasteiger partial charge is 0.112 e. The van der Waals surface area contributed by atoms with E-state index in [1.165, 1.54) is 15.6 Å². The summed E-state index contributed by atoms with van der Waals surface area (Å²) in [5.41, 5.74) is 2.40. The molecular formula is C14H13ClN2S. The number of benzene rings is 1. The second kappa shape index (κ2) is 4.55. The van der Waals surface area contributed by atoms with E-state index in [-0.39, 0.29) is 5.50 Å². The predicted molar refractivity (Wildman–Crippen MR) is 76.1 cm³/mol. The Hall–Kier alpha value is -1.08. The molecule has 1 aliphatic rings. The first-order valence-electron chi connectivity index (χ1n) is 5.97. The number of thiophene rings is 1. The van der Waals surface area contributed by atoms with Crippen molar-refractivity contribution in [1.82, 2.24) is 4.90 Å². The molecule has 1 aromatic heterocycles. The van der Waals surface area contributed by atoms with Gasteiger partial charge in [0.15, 0.2) is 0 Å². The lowest BCUT2D eigenvalue weighted by Gasteiger charge is -2.20. The molecule has 1 aliphatic heterocycles. The van der Waals surface area contributed by atoms with E-state index in [0.717, 1.165) is 23.4 Å². The molecule has 1 aromatic carbocycles. The predicted octanol–water partition coefficient (Wildman–Crippen LogP) is 3.69. The van der Waals surface area contributed by atoms with Crippen LogP contribution in [0.15, 0.2) is 18.2 Å². The van der Waals surface area contributed by atoms with Crippen LogP contribution in [0.1, 0.15) is 21.5 Å². The van der Waals surface area contributed by atoms with Crippen LogP contribution in [0.25, 0.3) is 10.1 Å². The molecular weight excluding hydrogens is 264 g/mol. The number of likely N-dealkylation sites (N-methyl/N-ethyl adjacent to an activating group) is 1. The van der Waals surface area contributed by atoms with Crippen LogP contribution >= 0.6 is 22.9 Å². The van der Waals surface area contributed by atoms with Crippen LogP contribution in [-0.4, -0.2) is 18.5 Å². The van der Waals surface area contributed by atoms with Gasteiger partial charge in [0.1, 0.15) is 5.50 Å². The Morgan fingerprint density at radius 3 is 3.17 bits per heavy atom. The van der Waals surface area contributed by atoms with E-state index >= 15 is 0 Å². The Morgan fingerprint density at radius 1 is 1.56 bits per heavy atom. The van der Waals surface area contributed by atoms with E-state index in [4.69, 9.17) is 16.9 Å². The topological polar surface area (TPSA) is 27.0 Å². The van der Waals surface area contributed by atoms with Gasteiger partial charge in [0.25, 0.3) is 0 Å². The van der Waals surface area contributed by atoms with E-state index in [9.17, 15) is 0 Å². The molecule has 18 heavy (non-hydrogen) atoms. The van der Waals surface area contributed by atoms with Gasteiger partial charge < -0.3 is 0 Å². The van der Waals surface area contributed by atoms with Gasteiger partial charge >= 0.3 is 0 Å².